The highest BCUT2D eigenvalue weighted by molar-refractivity contribution is 7.99. The number of hydrogen-bond donors (Lipinski definition) is 1. The highest BCUT2D eigenvalue weighted by Gasteiger charge is 2.01. The molecule has 0 saturated carbocycles. The van der Waals surface area contributed by atoms with Crippen molar-refractivity contribution in [2.75, 3.05) is 0 Å². The molecule has 0 amide bonds. The van der Waals surface area contributed by atoms with E-state index in [2.05, 4.69) is 31.2 Å². The third kappa shape index (κ3) is 3.64. The van der Waals surface area contributed by atoms with Gasteiger partial charge in [0.1, 0.15) is 0 Å². The van der Waals surface area contributed by atoms with Crippen molar-refractivity contribution in [3.8, 4) is 0 Å². The number of aryl methyl sites for hydroxylation is 1. The Labute approximate surface area is 111 Å². The van der Waals surface area contributed by atoms with Crippen LogP contribution in [0.2, 0.25) is 0 Å². The Morgan fingerprint density at radius 1 is 1.00 bits per heavy atom. The van der Waals surface area contributed by atoms with Crippen LogP contribution in [0.4, 0.5) is 0 Å². The van der Waals surface area contributed by atoms with Gasteiger partial charge in [0.25, 0.3) is 0 Å². The van der Waals surface area contributed by atoms with E-state index in [1.54, 1.807) is 11.8 Å². The molecule has 2 rings (SSSR count). The lowest BCUT2D eigenvalue weighted by molar-refractivity contribution is -0.136. The smallest absolute Gasteiger partial charge is 0.307 e. The number of carboxylic acid groups (broad SMARTS) is 1. The fourth-order valence-corrected chi connectivity index (χ4v) is 2.41. The van der Waals surface area contributed by atoms with Crippen LogP contribution in [-0.4, -0.2) is 11.1 Å². The maximum atomic E-state index is 10.6. The van der Waals surface area contributed by atoms with Crippen molar-refractivity contribution in [1.29, 1.82) is 0 Å². The van der Waals surface area contributed by atoms with Gasteiger partial charge in [0.2, 0.25) is 0 Å². The summed E-state index contributed by atoms with van der Waals surface area (Å²) in [6.45, 7) is 2.06. The van der Waals surface area contributed by atoms with E-state index in [1.165, 1.54) is 10.5 Å². The molecule has 3 heteroatoms. The fraction of sp³-hybridized carbons (Fsp3) is 0.133. The van der Waals surface area contributed by atoms with E-state index in [0.29, 0.717) is 0 Å². The van der Waals surface area contributed by atoms with Crippen LogP contribution in [0.3, 0.4) is 0 Å². The standard InChI is InChI=1S/C15H14O2S/c1-11-2-6-13(7-3-11)18-14-8-4-12(5-9-14)10-15(16)17/h2-9H,10H2,1H3,(H,16,17). The lowest BCUT2D eigenvalue weighted by atomic mass is 10.2. The lowest BCUT2D eigenvalue weighted by Gasteiger charge is -2.03. The van der Waals surface area contributed by atoms with Gasteiger partial charge in [-0.2, -0.15) is 0 Å². The second-order valence-electron chi connectivity index (χ2n) is 4.13. The monoisotopic (exact) mass is 258 g/mol. The zero-order valence-corrected chi connectivity index (χ0v) is 10.9. The third-order valence-electron chi connectivity index (χ3n) is 2.54. The molecule has 1 N–H and O–H groups in total. The van der Waals surface area contributed by atoms with Gasteiger partial charge in [0.05, 0.1) is 6.42 Å². The first kappa shape index (κ1) is 12.7. The van der Waals surface area contributed by atoms with Crippen LogP contribution in [0, 0.1) is 6.92 Å². The van der Waals surface area contributed by atoms with Gasteiger partial charge in [0.15, 0.2) is 0 Å². The minimum atomic E-state index is -0.797. The van der Waals surface area contributed by atoms with Crippen LogP contribution < -0.4 is 0 Å². The first-order chi connectivity index (χ1) is 8.63. The number of carboxylic acids is 1. The molecule has 0 aromatic heterocycles. The van der Waals surface area contributed by atoms with Crippen LogP contribution in [0.15, 0.2) is 58.3 Å². The number of benzene rings is 2. The van der Waals surface area contributed by atoms with Crippen molar-refractivity contribution in [3.63, 3.8) is 0 Å². The SMILES string of the molecule is Cc1ccc(Sc2ccc(CC(=O)O)cc2)cc1. The van der Waals surface area contributed by atoms with E-state index in [-0.39, 0.29) is 6.42 Å². The van der Waals surface area contributed by atoms with Crippen molar-refractivity contribution in [3.05, 3.63) is 59.7 Å². The molecular weight excluding hydrogens is 244 g/mol. The van der Waals surface area contributed by atoms with Gasteiger partial charge in [-0.3, -0.25) is 4.79 Å². The molecular formula is C15H14O2S. The fourth-order valence-electron chi connectivity index (χ4n) is 1.59. The predicted octanol–water partition coefficient (Wildman–Crippen LogP) is 3.77. The average molecular weight is 258 g/mol. The average Bonchev–Trinajstić information content (AvgIpc) is 2.34. The van der Waals surface area contributed by atoms with Crippen LogP contribution in [0.25, 0.3) is 0 Å². The lowest BCUT2D eigenvalue weighted by Crippen LogP contribution is -1.99. The van der Waals surface area contributed by atoms with Gasteiger partial charge in [0, 0.05) is 9.79 Å². The summed E-state index contributed by atoms with van der Waals surface area (Å²) in [4.78, 5) is 12.9. The van der Waals surface area contributed by atoms with Crippen LogP contribution in [0.1, 0.15) is 11.1 Å². The number of hydrogen-bond acceptors (Lipinski definition) is 2. The second-order valence-corrected chi connectivity index (χ2v) is 5.28. The Balaban J connectivity index is 2.06. The van der Waals surface area contributed by atoms with Crippen molar-refractivity contribution < 1.29 is 9.90 Å². The Morgan fingerprint density at radius 2 is 1.50 bits per heavy atom. The molecule has 18 heavy (non-hydrogen) atoms. The van der Waals surface area contributed by atoms with Crippen molar-refractivity contribution >= 4 is 17.7 Å². The number of aliphatic carboxylic acids is 1. The summed E-state index contributed by atoms with van der Waals surface area (Å²) >= 11 is 1.68. The quantitative estimate of drug-likeness (QED) is 0.907. The van der Waals surface area contributed by atoms with Gasteiger partial charge in [-0.05, 0) is 36.8 Å². The van der Waals surface area contributed by atoms with Crippen LogP contribution in [-0.2, 0) is 11.2 Å². The summed E-state index contributed by atoms with van der Waals surface area (Å²) in [5, 5.41) is 8.69. The largest absolute Gasteiger partial charge is 0.481 e. The van der Waals surface area contributed by atoms with E-state index in [9.17, 15) is 4.79 Å². The molecule has 92 valence electrons. The Kier molecular flexibility index (Phi) is 4.05. The molecule has 0 aliphatic heterocycles. The summed E-state index contributed by atoms with van der Waals surface area (Å²) < 4.78 is 0. The van der Waals surface area contributed by atoms with Gasteiger partial charge in [-0.15, -0.1) is 0 Å². The topological polar surface area (TPSA) is 37.3 Å². The summed E-state index contributed by atoms with van der Waals surface area (Å²) in [6, 6.07) is 16.0. The molecule has 0 heterocycles. The first-order valence-electron chi connectivity index (χ1n) is 5.69. The van der Waals surface area contributed by atoms with Gasteiger partial charge in [-0.25, -0.2) is 0 Å². The zero-order valence-electron chi connectivity index (χ0n) is 10.1. The van der Waals surface area contributed by atoms with E-state index < -0.39 is 5.97 Å². The second kappa shape index (κ2) is 5.74. The summed E-state index contributed by atoms with van der Waals surface area (Å²) in [6.07, 6.45) is 0.0788. The van der Waals surface area contributed by atoms with Crippen molar-refractivity contribution in [2.24, 2.45) is 0 Å². The Morgan fingerprint density at radius 3 is 2.00 bits per heavy atom. The highest BCUT2D eigenvalue weighted by atomic mass is 32.2. The van der Waals surface area contributed by atoms with Crippen molar-refractivity contribution in [2.45, 2.75) is 23.1 Å². The first-order valence-corrected chi connectivity index (χ1v) is 6.50. The summed E-state index contributed by atoms with van der Waals surface area (Å²) in [5.74, 6) is -0.797. The molecule has 0 bridgehead atoms. The Bertz CT molecular complexity index is 529. The maximum absolute atomic E-state index is 10.6. The molecule has 0 unspecified atom stereocenters. The summed E-state index contributed by atoms with van der Waals surface area (Å²) in [5.41, 5.74) is 2.08. The molecule has 0 spiro atoms. The number of rotatable bonds is 4. The van der Waals surface area contributed by atoms with E-state index in [1.807, 2.05) is 24.3 Å². The molecule has 0 saturated heterocycles. The van der Waals surface area contributed by atoms with Crippen LogP contribution >= 0.6 is 11.8 Å². The molecule has 0 aliphatic rings. The van der Waals surface area contributed by atoms with Crippen molar-refractivity contribution in [1.82, 2.24) is 0 Å². The van der Waals surface area contributed by atoms with Gasteiger partial charge >= 0.3 is 5.97 Å². The third-order valence-corrected chi connectivity index (χ3v) is 3.55. The molecule has 2 nitrogen and oxygen atoms in total. The summed E-state index contributed by atoms with van der Waals surface area (Å²) in [7, 11) is 0. The maximum Gasteiger partial charge on any atom is 0.307 e. The minimum absolute atomic E-state index is 0.0788. The number of carbonyl (C=O) groups is 1. The van der Waals surface area contributed by atoms with Gasteiger partial charge < -0.3 is 5.11 Å². The molecule has 2 aromatic rings. The molecule has 0 aliphatic carbocycles. The normalized spacial score (nSPS) is 10.3. The minimum Gasteiger partial charge on any atom is -0.481 e. The predicted molar refractivity (Wildman–Crippen MR) is 73.1 cm³/mol. The zero-order chi connectivity index (χ0) is 13.0. The molecule has 0 atom stereocenters. The molecule has 0 radical (unpaired) electrons. The molecule has 0 fully saturated rings. The van der Waals surface area contributed by atoms with E-state index in [4.69, 9.17) is 5.11 Å². The molecule has 2 aromatic carbocycles. The highest BCUT2D eigenvalue weighted by Crippen LogP contribution is 2.27. The Hall–Kier alpha value is -1.74. The van der Waals surface area contributed by atoms with E-state index >= 15 is 0 Å². The van der Waals surface area contributed by atoms with Crippen LogP contribution in [0.5, 0.6) is 0 Å². The van der Waals surface area contributed by atoms with E-state index in [0.717, 1.165) is 10.5 Å². The van der Waals surface area contributed by atoms with Gasteiger partial charge in [-0.1, -0.05) is 41.6 Å².